The average molecular weight is 306 g/mol. The Kier molecular flexibility index (Phi) is 5.38. The van der Waals surface area contributed by atoms with Crippen LogP contribution in [0.5, 0.6) is 0 Å². The van der Waals surface area contributed by atoms with Gasteiger partial charge in [-0.3, -0.25) is 19.7 Å². The molecule has 1 heterocycles. The summed E-state index contributed by atoms with van der Waals surface area (Å²) in [6.07, 6.45) is 1.70. The fraction of sp³-hybridized carbons (Fsp3) is 0.400. The molecule has 5 nitrogen and oxygen atoms in total. The van der Waals surface area contributed by atoms with Crippen molar-refractivity contribution >= 4 is 29.5 Å². The van der Waals surface area contributed by atoms with Crippen LogP contribution in [-0.4, -0.2) is 29.5 Å². The predicted molar refractivity (Wildman–Crippen MR) is 81.1 cm³/mol. The van der Waals surface area contributed by atoms with Crippen molar-refractivity contribution in [3.05, 3.63) is 29.8 Å². The third kappa shape index (κ3) is 4.32. The number of thioether (sulfide) groups is 1. The van der Waals surface area contributed by atoms with Gasteiger partial charge in [-0.2, -0.15) is 0 Å². The summed E-state index contributed by atoms with van der Waals surface area (Å²) < 4.78 is 0. The molecule has 1 fully saturated rings. The topological polar surface area (TPSA) is 75.3 Å². The van der Waals surface area contributed by atoms with Crippen LogP contribution in [0.1, 0.15) is 36.5 Å². The first-order valence-electron chi connectivity index (χ1n) is 6.97. The lowest BCUT2D eigenvalue weighted by molar-refractivity contribution is -0.134. The number of amides is 3. The van der Waals surface area contributed by atoms with Crippen molar-refractivity contribution in [2.75, 3.05) is 5.75 Å². The van der Waals surface area contributed by atoms with Gasteiger partial charge in [-0.05, 0) is 42.9 Å². The Morgan fingerprint density at radius 1 is 1.33 bits per heavy atom. The standard InChI is InChI=1S/C15H18N2O3S/c1-2-9-21-11-5-3-10(4-6-11)14(19)16-12-7-8-13(18)17-15(12)20/h3-6,12H,2,7-9H2,1H3,(H,16,19)(H,17,18,20). The van der Waals surface area contributed by atoms with Gasteiger partial charge in [-0.15, -0.1) is 11.8 Å². The summed E-state index contributed by atoms with van der Waals surface area (Å²) in [6, 6.07) is 6.67. The Bertz CT molecular complexity index is 542. The minimum Gasteiger partial charge on any atom is -0.340 e. The van der Waals surface area contributed by atoms with E-state index in [0.717, 1.165) is 17.1 Å². The summed E-state index contributed by atoms with van der Waals surface area (Å²) in [4.78, 5) is 35.8. The summed E-state index contributed by atoms with van der Waals surface area (Å²) in [5.74, 6) is 0.0241. The highest BCUT2D eigenvalue weighted by Crippen LogP contribution is 2.19. The van der Waals surface area contributed by atoms with E-state index >= 15 is 0 Å². The van der Waals surface area contributed by atoms with Gasteiger partial charge in [0.1, 0.15) is 6.04 Å². The van der Waals surface area contributed by atoms with E-state index in [2.05, 4.69) is 17.6 Å². The molecule has 0 radical (unpaired) electrons. The smallest absolute Gasteiger partial charge is 0.251 e. The van der Waals surface area contributed by atoms with E-state index in [0.29, 0.717) is 12.0 Å². The van der Waals surface area contributed by atoms with Crippen LogP contribution in [0.15, 0.2) is 29.2 Å². The van der Waals surface area contributed by atoms with Crippen LogP contribution < -0.4 is 10.6 Å². The van der Waals surface area contributed by atoms with E-state index in [9.17, 15) is 14.4 Å². The second kappa shape index (κ2) is 7.26. The normalized spacial score (nSPS) is 18.2. The molecule has 0 spiro atoms. The summed E-state index contributed by atoms with van der Waals surface area (Å²) in [7, 11) is 0. The molecule has 1 unspecified atom stereocenters. The molecule has 21 heavy (non-hydrogen) atoms. The van der Waals surface area contributed by atoms with Gasteiger partial charge in [0.2, 0.25) is 11.8 Å². The van der Waals surface area contributed by atoms with Crippen LogP contribution in [0.4, 0.5) is 0 Å². The second-order valence-corrected chi connectivity index (χ2v) is 6.02. The Morgan fingerprint density at radius 3 is 2.67 bits per heavy atom. The summed E-state index contributed by atoms with van der Waals surface area (Å²) >= 11 is 1.74. The zero-order valence-electron chi connectivity index (χ0n) is 11.8. The van der Waals surface area contributed by atoms with Crippen LogP contribution in [0.25, 0.3) is 0 Å². The maximum absolute atomic E-state index is 12.1. The number of carbonyl (C=O) groups is 3. The monoisotopic (exact) mass is 306 g/mol. The van der Waals surface area contributed by atoms with Crippen molar-refractivity contribution < 1.29 is 14.4 Å². The molecule has 112 valence electrons. The highest BCUT2D eigenvalue weighted by molar-refractivity contribution is 7.99. The minimum atomic E-state index is -0.635. The lowest BCUT2D eigenvalue weighted by atomic mass is 10.1. The molecule has 1 aromatic rings. The van der Waals surface area contributed by atoms with E-state index in [4.69, 9.17) is 0 Å². The van der Waals surface area contributed by atoms with E-state index in [1.807, 2.05) is 12.1 Å². The van der Waals surface area contributed by atoms with E-state index in [1.165, 1.54) is 0 Å². The summed E-state index contributed by atoms with van der Waals surface area (Å²) in [6.45, 7) is 2.12. The first-order chi connectivity index (χ1) is 10.1. The van der Waals surface area contributed by atoms with Gasteiger partial charge in [0.15, 0.2) is 0 Å². The Hall–Kier alpha value is -1.82. The molecule has 3 amide bonds. The fourth-order valence-electron chi connectivity index (χ4n) is 2.00. The van der Waals surface area contributed by atoms with Gasteiger partial charge in [0.05, 0.1) is 0 Å². The molecule has 0 aromatic heterocycles. The lowest BCUT2D eigenvalue weighted by Crippen LogP contribution is -2.52. The lowest BCUT2D eigenvalue weighted by Gasteiger charge is -2.21. The third-order valence-electron chi connectivity index (χ3n) is 3.13. The average Bonchev–Trinajstić information content (AvgIpc) is 2.48. The number of benzene rings is 1. The van der Waals surface area contributed by atoms with Crippen molar-refractivity contribution in [3.8, 4) is 0 Å². The fourth-order valence-corrected chi connectivity index (χ4v) is 2.76. The Morgan fingerprint density at radius 2 is 2.05 bits per heavy atom. The van der Waals surface area contributed by atoms with Gasteiger partial charge in [-0.25, -0.2) is 0 Å². The van der Waals surface area contributed by atoms with Crippen LogP contribution in [0.2, 0.25) is 0 Å². The Labute approximate surface area is 127 Å². The molecule has 1 aromatic carbocycles. The second-order valence-electron chi connectivity index (χ2n) is 4.85. The van der Waals surface area contributed by atoms with Crippen LogP contribution in [0.3, 0.4) is 0 Å². The molecule has 1 aliphatic heterocycles. The van der Waals surface area contributed by atoms with E-state index < -0.39 is 11.9 Å². The maximum Gasteiger partial charge on any atom is 0.251 e. The van der Waals surface area contributed by atoms with Crippen molar-refractivity contribution in [2.24, 2.45) is 0 Å². The number of nitrogens with one attached hydrogen (secondary N) is 2. The molecule has 0 aliphatic carbocycles. The van der Waals surface area contributed by atoms with Gasteiger partial charge in [0.25, 0.3) is 5.91 Å². The molecule has 2 rings (SSSR count). The molecule has 1 saturated heterocycles. The number of carbonyl (C=O) groups excluding carboxylic acids is 3. The molecule has 0 bridgehead atoms. The minimum absolute atomic E-state index is 0.253. The quantitative estimate of drug-likeness (QED) is 0.641. The first kappa shape index (κ1) is 15.6. The number of hydrogen-bond acceptors (Lipinski definition) is 4. The number of hydrogen-bond donors (Lipinski definition) is 2. The zero-order chi connectivity index (χ0) is 15.2. The molecular weight excluding hydrogens is 288 g/mol. The highest BCUT2D eigenvalue weighted by atomic mass is 32.2. The molecule has 2 N–H and O–H groups in total. The van der Waals surface area contributed by atoms with Crippen LogP contribution in [0, 0.1) is 0 Å². The number of piperidine rings is 1. The summed E-state index contributed by atoms with van der Waals surface area (Å²) in [5.41, 5.74) is 0.514. The zero-order valence-corrected chi connectivity index (χ0v) is 12.7. The highest BCUT2D eigenvalue weighted by Gasteiger charge is 2.27. The van der Waals surface area contributed by atoms with Crippen molar-refractivity contribution in [2.45, 2.75) is 37.1 Å². The van der Waals surface area contributed by atoms with E-state index in [1.54, 1.807) is 23.9 Å². The molecule has 6 heteroatoms. The molecular formula is C15H18N2O3S. The number of rotatable bonds is 5. The molecule has 0 saturated carbocycles. The molecule has 1 aliphatic rings. The SMILES string of the molecule is CCCSc1ccc(C(=O)NC2CCC(=O)NC2=O)cc1. The van der Waals surface area contributed by atoms with Gasteiger partial charge >= 0.3 is 0 Å². The van der Waals surface area contributed by atoms with E-state index in [-0.39, 0.29) is 18.2 Å². The Balaban J connectivity index is 1.94. The van der Waals surface area contributed by atoms with Crippen molar-refractivity contribution in [3.63, 3.8) is 0 Å². The van der Waals surface area contributed by atoms with Crippen LogP contribution in [-0.2, 0) is 9.59 Å². The van der Waals surface area contributed by atoms with Gasteiger partial charge in [-0.1, -0.05) is 6.92 Å². The van der Waals surface area contributed by atoms with Crippen molar-refractivity contribution in [1.29, 1.82) is 0 Å². The van der Waals surface area contributed by atoms with Crippen molar-refractivity contribution in [1.82, 2.24) is 10.6 Å². The third-order valence-corrected chi connectivity index (χ3v) is 4.35. The largest absolute Gasteiger partial charge is 0.340 e. The first-order valence-corrected chi connectivity index (χ1v) is 7.96. The van der Waals surface area contributed by atoms with Gasteiger partial charge < -0.3 is 5.32 Å². The summed E-state index contributed by atoms with van der Waals surface area (Å²) in [5, 5.41) is 4.88. The van der Waals surface area contributed by atoms with Gasteiger partial charge in [0, 0.05) is 16.9 Å². The maximum atomic E-state index is 12.1. The molecule has 1 atom stereocenters. The van der Waals surface area contributed by atoms with Crippen LogP contribution >= 0.6 is 11.8 Å². The predicted octanol–water partition coefficient (Wildman–Crippen LogP) is 1.72. The number of imide groups is 1.